The lowest BCUT2D eigenvalue weighted by Crippen LogP contribution is -2.15. The van der Waals surface area contributed by atoms with Crippen LogP contribution >= 0.6 is 11.6 Å². The molecular formula is C13H9ClN2O3. The Morgan fingerprint density at radius 3 is 2.47 bits per heavy atom. The van der Waals surface area contributed by atoms with Gasteiger partial charge >= 0.3 is 5.97 Å². The van der Waals surface area contributed by atoms with Gasteiger partial charge in [-0.05, 0) is 36.4 Å². The third kappa shape index (κ3) is 3.08. The van der Waals surface area contributed by atoms with Gasteiger partial charge in [0.25, 0.3) is 5.91 Å². The number of pyridine rings is 1. The highest BCUT2D eigenvalue weighted by Crippen LogP contribution is 2.14. The number of carboxylic acid groups (broad SMARTS) is 1. The number of carboxylic acids is 1. The lowest BCUT2D eigenvalue weighted by Gasteiger charge is -2.07. The molecule has 5 nitrogen and oxygen atoms in total. The number of amides is 1. The second-order valence-electron chi connectivity index (χ2n) is 3.67. The number of halogens is 1. The lowest BCUT2D eigenvalue weighted by molar-refractivity contribution is 0.0697. The first-order valence-corrected chi connectivity index (χ1v) is 5.71. The van der Waals surface area contributed by atoms with Crippen molar-refractivity contribution in [1.82, 2.24) is 4.98 Å². The van der Waals surface area contributed by atoms with Crippen molar-refractivity contribution >= 4 is 29.3 Å². The van der Waals surface area contributed by atoms with Crippen LogP contribution in [0.3, 0.4) is 0 Å². The summed E-state index contributed by atoms with van der Waals surface area (Å²) in [6.07, 6.45) is 1.41. The summed E-state index contributed by atoms with van der Waals surface area (Å²) in [6.45, 7) is 0. The molecule has 1 amide bonds. The molecule has 0 aliphatic rings. The first-order valence-electron chi connectivity index (χ1n) is 5.33. The van der Waals surface area contributed by atoms with Gasteiger partial charge in [0, 0.05) is 16.8 Å². The van der Waals surface area contributed by atoms with Crippen molar-refractivity contribution in [1.29, 1.82) is 0 Å². The number of hydrogen-bond donors (Lipinski definition) is 2. The van der Waals surface area contributed by atoms with E-state index >= 15 is 0 Å². The second kappa shape index (κ2) is 5.49. The fourth-order valence-electron chi connectivity index (χ4n) is 1.46. The van der Waals surface area contributed by atoms with Gasteiger partial charge in [-0.15, -0.1) is 0 Å². The fraction of sp³-hybridized carbons (Fsp3) is 0. The maximum atomic E-state index is 11.9. The molecule has 0 atom stereocenters. The number of carbonyl (C=O) groups is 2. The third-order valence-electron chi connectivity index (χ3n) is 2.38. The van der Waals surface area contributed by atoms with Crippen molar-refractivity contribution in [2.75, 3.05) is 5.32 Å². The highest BCUT2D eigenvalue weighted by atomic mass is 35.5. The van der Waals surface area contributed by atoms with Gasteiger partial charge in [-0.2, -0.15) is 0 Å². The molecule has 0 fully saturated rings. The van der Waals surface area contributed by atoms with E-state index in [1.165, 1.54) is 18.3 Å². The average molecular weight is 277 g/mol. The van der Waals surface area contributed by atoms with Crippen LogP contribution in [-0.2, 0) is 0 Å². The monoisotopic (exact) mass is 276 g/mol. The van der Waals surface area contributed by atoms with E-state index in [9.17, 15) is 9.59 Å². The van der Waals surface area contributed by atoms with Gasteiger partial charge in [-0.1, -0.05) is 11.6 Å². The van der Waals surface area contributed by atoms with Crippen LogP contribution in [0.2, 0.25) is 5.02 Å². The van der Waals surface area contributed by atoms with E-state index in [4.69, 9.17) is 16.7 Å². The number of rotatable bonds is 3. The van der Waals surface area contributed by atoms with Crippen LogP contribution in [0.4, 0.5) is 5.82 Å². The summed E-state index contributed by atoms with van der Waals surface area (Å²) >= 11 is 5.72. The largest absolute Gasteiger partial charge is 0.478 e. The Labute approximate surface area is 113 Å². The molecule has 0 bridgehead atoms. The number of benzene rings is 1. The van der Waals surface area contributed by atoms with Gasteiger partial charge in [0.1, 0.15) is 11.4 Å². The Balaban J connectivity index is 2.24. The van der Waals surface area contributed by atoms with Crippen LogP contribution in [0.5, 0.6) is 0 Å². The standard InChI is InChI=1S/C13H9ClN2O3/c14-9-5-3-8(4-6-9)12(17)16-11-10(13(18)19)2-1-7-15-11/h1-7H,(H,18,19)(H,15,16,17). The van der Waals surface area contributed by atoms with Gasteiger partial charge < -0.3 is 10.4 Å². The summed E-state index contributed by atoms with van der Waals surface area (Å²) in [6, 6.07) is 9.09. The van der Waals surface area contributed by atoms with E-state index in [0.29, 0.717) is 10.6 Å². The predicted octanol–water partition coefficient (Wildman–Crippen LogP) is 2.69. The Morgan fingerprint density at radius 1 is 1.16 bits per heavy atom. The number of carbonyl (C=O) groups excluding carboxylic acids is 1. The molecule has 0 saturated carbocycles. The zero-order valence-corrected chi connectivity index (χ0v) is 10.4. The van der Waals surface area contributed by atoms with Crippen LogP contribution in [0, 0.1) is 0 Å². The number of nitrogens with one attached hydrogen (secondary N) is 1. The summed E-state index contributed by atoms with van der Waals surface area (Å²) in [7, 11) is 0. The number of hydrogen-bond acceptors (Lipinski definition) is 3. The minimum atomic E-state index is -1.15. The zero-order valence-electron chi connectivity index (χ0n) is 9.63. The Hall–Kier alpha value is -2.40. The van der Waals surface area contributed by atoms with Crippen LogP contribution in [0.1, 0.15) is 20.7 Å². The Morgan fingerprint density at radius 2 is 1.84 bits per heavy atom. The highest BCUT2D eigenvalue weighted by Gasteiger charge is 2.14. The van der Waals surface area contributed by atoms with E-state index < -0.39 is 11.9 Å². The second-order valence-corrected chi connectivity index (χ2v) is 4.10. The third-order valence-corrected chi connectivity index (χ3v) is 2.63. The summed E-state index contributed by atoms with van der Waals surface area (Å²) in [5.74, 6) is -1.59. The van der Waals surface area contributed by atoms with Gasteiger partial charge in [-0.3, -0.25) is 4.79 Å². The van der Waals surface area contributed by atoms with Crippen LogP contribution in [0.15, 0.2) is 42.6 Å². The van der Waals surface area contributed by atoms with Gasteiger partial charge in [0.2, 0.25) is 0 Å². The summed E-state index contributed by atoms with van der Waals surface area (Å²) < 4.78 is 0. The van der Waals surface area contributed by atoms with Crippen molar-refractivity contribution in [2.45, 2.75) is 0 Å². The topological polar surface area (TPSA) is 79.3 Å². The maximum absolute atomic E-state index is 11.9. The molecule has 0 aliphatic carbocycles. The molecule has 2 rings (SSSR count). The molecule has 1 heterocycles. The minimum absolute atomic E-state index is 0.00921. The van der Waals surface area contributed by atoms with Gasteiger partial charge in [0.05, 0.1) is 0 Å². The van der Waals surface area contributed by atoms with Crippen LogP contribution in [0.25, 0.3) is 0 Å². The lowest BCUT2D eigenvalue weighted by atomic mass is 10.2. The molecule has 1 aromatic carbocycles. The van der Waals surface area contributed by atoms with Crippen molar-refractivity contribution < 1.29 is 14.7 Å². The van der Waals surface area contributed by atoms with Crippen molar-refractivity contribution in [2.24, 2.45) is 0 Å². The van der Waals surface area contributed by atoms with Gasteiger partial charge in [-0.25, -0.2) is 9.78 Å². The van der Waals surface area contributed by atoms with Crippen LogP contribution < -0.4 is 5.32 Å². The number of aromatic nitrogens is 1. The van der Waals surface area contributed by atoms with E-state index in [1.807, 2.05) is 0 Å². The molecule has 0 radical (unpaired) electrons. The Bertz CT molecular complexity index is 626. The van der Waals surface area contributed by atoms with E-state index in [2.05, 4.69) is 10.3 Å². The maximum Gasteiger partial charge on any atom is 0.339 e. The molecule has 19 heavy (non-hydrogen) atoms. The summed E-state index contributed by atoms with van der Waals surface area (Å²) in [4.78, 5) is 26.7. The summed E-state index contributed by atoms with van der Waals surface area (Å²) in [5.41, 5.74) is 0.302. The predicted molar refractivity (Wildman–Crippen MR) is 70.6 cm³/mol. The smallest absolute Gasteiger partial charge is 0.339 e. The quantitative estimate of drug-likeness (QED) is 0.903. The SMILES string of the molecule is O=C(Nc1ncccc1C(=O)O)c1ccc(Cl)cc1. The average Bonchev–Trinajstić information content (AvgIpc) is 2.39. The number of aromatic carboxylic acids is 1. The first-order chi connectivity index (χ1) is 9.08. The molecule has 2 N–H and O–H groups in total. The first kappa shape index (κ1) is 13.0. The van der Waals surface area contributed by atoms with Crippen molar-refractivity contribution in [3.63, 3.8) is 0 Å². The Kier molecular flexibility index (Phi) is 3.77. The molecule has 0 unspecified atom stereocenters. The van der Waals surface area contributed by atoms with E-state index in [-0.39, 0.29) is 11.4 Å². The fourth-order valence-corrected chi connectivity index (χ4v) is 1.58. The zero-order chi connectivity index (χ0) is 13.8. The molecular weight excluding hydrogens is 268 g/mol. The molecule has 0 aliphatic heterocycles. The molecule has 2 aromatic rings. The highest BCUT2D eigenvalue weighted by molar-refractivity contribution is 6.30. The van der Waals surface area contributed by atoms with Gasteiger partial charge in [0.15, 0.2) is 0 Å². The molecule has 1 aromatic heterocycles. The van der Waals surface area contributed by atoms with Crippen molar-refractivity contribution in [3.8, 4) is 0 Å². The minimum Gasteiger partial charge on any atom is -0.478 e. The van der Waals surface area contributed by atoms with Crippen LogP contribution in [-0.4, -0.2) is 22.0 Å². The number of nitrogens with zero attached hydrogens (tertiary/aromatic N) is 1. The number of anilines is 1. The summed E-state index contributed by atoms with van der Waals surface area (Å²) in [5, 5.41) is 11.9. The normalized spacial score (nSPS) is 9.95. The molecule has 96 valence electrons. The van der Waals surface area contributed by atoms with Crippen molar-refractivity contribution in [3.05, 3.63) is 58.7 Å². The van der Waals surface area contributed by atoms with E-state index in [1.54, 1.807) is 24.3 Å². The molecule has 6 heteroatoms. The van der Waals surface area contributed by atoms with E-state index in [0.717, 1.165) is 0 Å². The molecule has 0 spiro atoms. The molecule has 0 saturated heterocycles.